The molecule has 44 valence electrons. The van der Waals surface area contributed by atoms with Crippen LogP contribution in [0.2, 0.25) is 0 Å². The minimum absolute atomic E-state index is 0. The van der Waals surface area contributed by atoms with Gasteiger partial charge in [-0.2, -0.15) is 0 Å². The van der Waals surface area contributed by atoms with Gasteiger partial charge in [0.15, 0.2) is 34.7 Å². The molecule has 8 heavy (non-hydrogen) atoms. The van der Waals surface area contributed by atoms with Crippen LogP contribution in [-0.4, -0.2) is 65.8 Å². The molecule has 2 atom stereocenters. The molecule has 0 aromatic carbocycles. The van der Waals surface area contributed by atoms with E-state index < -0.39 is 8.02 Å². The van der Waals surface area contributed by atoms with Crippen molar-refractivity contribution in [2.24, 2.45) is 0 Å². The first kappa shape index (κ1) is 30.1. The van der Waals surface area contributed by atoms with Gasteiger partial charge in [-0.25, -0.2) is 0 Å². The first-order chi connectivity index (χ1) is 1.73. The molecule has 0 spiro atoms. The van der Waals surface area contributed by atoms with Crippen LogP contribution in [0.25, 0.3) is 0 Å². The second-order valence-corrected chi connectivity index (χ2v) is 6.62. The minimum atomic E-state index is -1.30. The van der Waals surface area contributed by atoms with Crippen LogP contribution < -0.4 is 0 Å². The molecule has 2 unspecified atom stereocenters. The fourth-order valence-corrected chi connectivity index (χ4v) is 0. The van der Waals surface area contributed by atoms with E-state index in [4.69, 9.17) is 0 Å². The van der Waals surface area contributed by atoms with Crippen LogP contribution in [0, 0.1) is 0 Å². The monoisotopic (exact) mass is 244 g/mol. The maximum absolute atomic E-state index is 9.56. The average Bonchev–Trinajstić information content (AvgIpc) is 0.811. The van der Waals surface area contributed by atoms with Gasteiger partial charge in [0.05, 0.1) is 0 Å². The van der Waals surface area contributed by atoms with E-state index in [-0.39, 0.29) is 79.5 Å². The van der Waals surface area contributed by atoms with Crippen LogP contribution in [0.4, 0.5) is 0 Å². The Bertz CT molecular complexity index is 43.0. The number of hydrogen-bond acceptors (Lipinski definition) is 1. The Morgan fingerprint density at radius 3 is 1.12 bits per heavy atom. The molecule has 1 nitrogen and oxygen atoms in total. The Kier molecular flexibility index (Phi) is 84.4. The Labute approximate surface area is 108 Å². The van der Waals surface area contributed by atoms with Crippen LogP contribution in [0.5, 0.6) is 0 Å². The average molecular weight is 244 g/mol. The second-order valence-electron chi connectivity index (χ2n) is 0.402. The van der Waals surface area contributed by atoms with Crippen molar-refractivity contribution in [3.05, 3.63) is 0 Å². The third kappa shape index (κ3) is 57.1. The third-order valence-electron chi connectivity index (χ3n) is 0. The standard InChI is InChI=1S/2Al.Mg.H4OP2Si.Ti.8H/c;;;1-4(2)3;;;;;;;;;/h;;;2-3H2;;;;;;;;;. The van der Waals surface area contributed by atoms with Crippen molar-refractivity contribution in [2.45, 2.75) is 0 Å². The molecule has 0 aliphatic heterocycles. The van der Waals surface area contributed by atoms with Crippen LogP contribution in [0.1, 0.15) is 0 Å². The summed E-state index contributed by atoms with van der Waals surface area (Å²) in [7, 11) is 3.04. The summed E-state index contributed by atoms with van der Waals surface area (Å²) in [5, 5.41) is 0. The zero-order valence-corrected chi connectivity index (χ0v) is 7.43. The molecule has 0 saturated carbocycles. The fraction of sp³-hybridized carbons (Fsp3) is 0. The molecule has 0 rings (SSSR count). The summed E-state index contributed by atoms with van der Waals surface area (Å²) in [5.74, 6) is 0. The molecule has 0 aliphatic carbocycles. The molecule has 8 heteroatoms. The summed E-state index contributed by atoms with van der Waals surface area (Å²) in [6.45, 7) is 0. The fourth-order valence-electron chi connectivity index (χ4n) is 0. The van der Waals surface area contributed by atoms with Crippen LogP contribution in [0.3, 0.4) is 0 Å². The Balaban J connectivity index is -0.00000000750. The van der Waals surface area contributed by atoms with Crippen molar-refractivity contribution in [2.75, 3.05) is 0 Å². The van der Waals surface area contributed by atoms with E-state index in [0.29, 0.717) is 0 Å². The van der Waals surface area contributed by atoms with Crippen molar-refractivity contribution in [1.82, 2.24) is 0 Å². The van der Waals surface area contributed by atoms with Crippen molar-refractivity contribution in [3.63, 3.8) is 0 Å². The maximum atomic E-state index is 9.56. The Hall–Kier alpha value is 3.42. The first-order valence-electron chi connectivity index (χ1n) is 0.781. The molecule has 0 aliphatic rings. The van der Waals surface area contributed by atoms with E-state index in [1.54, 1.807) is 0 Å². The van der Waals surface area contributed by atoms with Crippen molar-refractivity contribution >= 4 is 83.4 Å². The van der Waals surface area contributed by atoms with Gasteiger partial charge in [0.1, 0.15) is 0 Å². The SMILES string of the molecule is O=[Si](P)P.[AlH3].[AlH3].[MgH2].[Ti]. The van der Waals surface area contributed by atoms with Gasteiger partial charge in [-0.1, -0.05) is 17.6 Å². The van der Waals surface area contributed by atoms with E-state index in [1.807, 2.05) is 0 Å². The van der Waals surface area contributed by atoms with E-state index in [1.165, 1.54) is 0 Å². The first-order valence-corrected chi connectivity index (χ1v) is 5.81. The van der Waals surface area contributed by atoms with Gasteiger partial charge in [0.25, 0.3) is 0 Å². The van der Waals surface area contributed by atoms with Crippen molar-refractivity contribution < 1.29 is 26.2 Å². The smallest absolute Gasteiger partial charge is 0.317 e. The van der Waals surface area contributed by atoms with E-state index >= 15 is 0 Å². The molecular formula is H12Al2MgOP2SiTi. The topological polar surface area (TPSA) is 17.1 Å². The van der Waals surface area contributed by atoms with Crippen molar-refractivity contribution in [1.29, 1.82) is 0 Å². The predicted molar refractivity (Wildman–Crippen MR) is 54.3 cm³/mol. The molecule has 0 radical (unpaired) electrons. The zero-order chi connectivity index (χ0) is 3.58. The van der Waals surface area contributed by atoms with Crippen LogP contribution in [-0.2, 0) is 26.2 Å². The minimum Gasteiger partial charge on any atom is -0.378 e. The quantitative estimate of drug-likeness (QED) is 0.325. The zero-order valence-electron chi connectivity index (χ0n) is 2.56. The third-order valence-corrected chi connectivity index (χ3v) is 0. The molecule has 0 heterocycles. The van der Waals surface area contributed by atoms with E-state index in [2.05, 4.69) is 17.6 Å². The van der Waals surface area contributed by atoms with E-state index in [0.717, 1.165) is 0 Å². The van der Waals surface area contributed by atoms with E-state index in [9.17, 15) is 4.46 Å². The van der Waals surface area contributed by atoms with Gasteiger partial charge >= 0.3 is 31.1 Å². The van der Waals surface area contributed by atoms with Gasteiger partial charge in [0, 0.05) is 21.7 Å². The van der Waals surface area contributed by atoms with Crippen molar-refractivity contribution in [3.8, 4) is 0 Å². The van der Waals surface area contributed by atoms with Crippen LogP contribution >= 0.6 is 17.6 Å². The molecule has 0 amide bonds. The Morgan fingerprint density at radius 2 is 1.12 bits per heavy atom. The summed E-state index contributed by atoms with van der Waals surface area (Å²) in [5.41, 5.74) is 0. The Morgan fingerprint density at radius 1 is 1.12 bits per heavy atom. The summed E-state index contributed by atoms with van der Waals surface area (Å²) >= 11 is 0. The summed E-state index contributed by atoms with van der Waals surface area (Å²) < 4.78 is 9.56. The summed E-state index contributed by atoms with van der Waals surface area (Å²) in [6, 6.07) is 0. The maximum Gasteiger partial charge on any atom is 0.317 e. The summed E-state index contributed by atoms with van der Waals surface area (Å²) in [6.07, 6.45) is 0. The second kappa shape index (κ2) is 22.4. The number of rotatable bonds is 0. The normalized spacial score (nSPS) is 3.25. The molecule has 0 fully saturated rings. The van der Waals surface area contributed by atoms with Gasteiger partial charge < -0.3 is 4.46 Å². The molecular weight excluding hydrogens is 232 g/mol. The molecule has 0 saturated heterocycles. The van der Waals surface area contributed by atoms with Gasteiger partial charge in [-0.05, 0) is 0 Å². The van der Waals surface area contributed by atoms with Gasteiger partial charge in [0.2, 0.25) is 0 Å². The molecule has 0 aromatic heterocycles. The van der Waals surface area contributed by atoms with Gasteiger partial charge in [-0.15, -0.1) is 0 Å². The largest absolute Gasteiger partial charge is 0.378 e. The molecule has 0 N–H and O–H groups in total. The summed E-state index contributed by atoms with van der Waals surface area (Å²) in [4.78, 5) is 0. The van der Waals surface area contributed by atoms with Gasteiger partial charge in [-0.3, -0.25) is 0 Å². The molecule has 0 bridgehead atoms. The van der Waals surface area contributed by atoms with Crippen LogP contribution in [0.15, 0.2) is 0 Å². The number of hydrogen-bond donors (Lipinski definition) is 0. The molecule has 0 aromatic rings. The predicted octanol–water partition coefficient (Wildman–Crippen LogP) is -3.13.